The maximum atomic E-state index is 9.26. The van der Waals surface area contributed by atoms with E-state index in [9.17, 15) is 5.26 Å². The van der Waals surface area contributed by atoms with E-state index in [0.29, 0.717) is 23.0 Å². The number of rotatable bonds is 5. The fraction of sp³-hybridized carbons (Fsp3) is 0.0189. The lowest BCUT2D eigenvalue weighted by molar-refractivity contribution is 0.437. The first-order valence-electron chi connectivity index (χ1n) is 19.3. The molecule has 2 aliphatic rings. The average Bonchev–Trinajstić information content (AvgIpc) is 3.59. The highest BCUT2D eigenvalue weighted by Gasteiger charge is 2.51. The molecular formula is C53H32N4O. The third kappa shape index (κ3) is 5.27. The monoisotopic (exact) mass is 740 g/mol. The molecule has 270 valence electrons. The third-order valence-electron chi connectivity index (χ3n) is 11.5. The highest BCUT2D eigenvalue weighted by atomic mass is 16.5. The second-order valence-electron chi connectivity index (χ2n) is 14.7. The van der Waals surface area contributed by atoms with E-state index in [1.807, 2.05) is 84.9 Å². The molecular weight excluding hydrogens is 709 g/mol. The molecule has 0 unspecified atom stereocenters. The molecule has 0 radical (unpaired) electrons. The van der Waals surface area contributed by atoms with Crippen molar-refractivity contribution in [3.8, 4) is 85.1 Å². The van der Waals surface area contributed by atoms with E-state index in [-0.39, 0.29) is 0 Å². The van der Waals surface area contributed by atoms with Crippen LogP contribution in [0.15, 0.2) is 194 Å². The Morgan fingerprint density at radius 1 is 0.362 bits per heavy atom. The number of fused-ring (bicyclic) bond motifs is 9. The van der Waals surface area contributed by atoms with Gasteiger partial charge in [0.2, 0.25) is 0 Å². The summed E-state index contributed by atoms with van der Waals surface area (Å²) in [7, 11) is 0. The number of hydrogen-bond acceptors (Lipinski definition) is 5. The van der Waals surface area contributed by atoms with Crippen LogP contribution in [-0.2, 0) is 5.41 Å². The number of ether oxygens (including phenoxy) is 1. The van der Waals surface area contributed by atoms with Crippen molar-refractivity contribution in [2.75, 3.05) is 0 Å². The average molecular weight is 741 g/mol. The summed E-state index contributed by atoms with van der Waals surface area (Å²) < 4.78 is 7.07. The highest BCUT2D eigenvalue weighted by molar-refractivity contribution is 5.89. The van der Waals surface area contributed by atoms with E-state index in [1.54, 1.807) is 0 Å². The largest absolute Gasteiger partial charge is 0.457 e. The Kier molecular flexibility index (Phi) is 7.70. The van der Waals surface area contributed by atoms with Crippen molar-refractivity contribution in [3.63, 3.8) is 0 Å². The number of aromatic nitrogens is 3. The molecule has 0 saturated carbocycles. The van der Waals surface area contributed by atoms with Gasteiger partial charge in [-0.1, -0.05) is 170 Å². The van der Waals surface area contributed by atoms with Crippen LogP contribution >= 0.6 is 0 Å². The van der Waals surface area contributed by atoms with Crippen LogP contribution in [0, 0.1) is 11.3 Å². The molecule has 9 aromatic rings. The molecule has 58 heavy (non-hydrogen) atoms. The number of benzene rings is 8. The second-order valence-corrected chi connectivity index (χ2v) is 14.7. The minimum atomic E-state index is -0.615. The van der Waals surface area contributed by atoms with E-state index >= 15 is 0 Å². The number of hydrogen-bond donors (Lipinski definition) is 0. The summed E-state index contributed by atoms with van der Waals surface area (Å²) in [5.74, 6) is 3.35. The molecule has 0 fully saturated rings. The molecule has 0 saturated heterocycles. The molecule has 1 aliphatic heterocycles. The second kappa shape index (κ2) is 13.4. The van der Waals surface area contributed by atoms with Gasteiger partial charge in [-0.05, 0) is 68.8 Å². The predicted molar refractivity (Wildman–Crippen MR) is 229 cm³/mol. The van der Waals surface area contributed by atoms with Crippen molar-refractivity contribution >= 4 is 0 Å². The number of nitriles is 1. The zero-order valence-corrected chi connectivity index (χ0v) is 31.2. The van der Waals surface area contributed by atoms with Crippen molar-refractivity contribution in [2.24, 2.45) is 0 Å². The smallest absolute Gasteiger partial charge is 0.164 e. The van der Waals surface area contributed by atoms with E-state index < -0.39 is 5.41 Å². The van der Waals surface area contributed by atoms with Crippen LogP contribution in [0.1, 0.15) is 27.8 Å². The van der Waals surface area contributed by atoms with Crippen LogP contribution < -0.4 is 4.74 Å². The molecule has 0 atom stereocenters. The molecule has 1 aliphatic carbocycles. The van der Waals surface area contributed by atoms with Gasteiger partial charge in [0.05, 0.1) is 17.0 Å². The van der Waals surface area contributed by atoms with Crippen molar-refractivity contribution < 1.29 is 4.74 Å². The Labute approximate surface area is 336 Å². The Balaban J connectivity index is 1.08. The van der Waals surface area contributed by atoms with Crippen LogP contribution in [0.4, 0.5) is 0 Å². The predicted octanol–water partition coefficient (Wildman–Crippen LogP) is 12.5. The van der Waals surface area contributed by atoms with E-state index in [4.69, 9.17) is 19.7 Å². The zero-order valence-electron chi connectivity index (χ0n) is 31.2. The maximum absolute atomic E-state index is 9.26. The summed E-state index contributed by atoms with van der Waals surface area (Å²) in [6.07, 6.45) is 0. The van der Waals surface area contributed by atoms with Gasteiger partial charge in [-0.15, -0.1) is 0 Å². The molecule has 1 spiro atoms. The van der Waals surface area contributed by atoms with Gasteiger partial charge < -0.3 is 4.74 Å². The van der Waals surface area contributed by atoms with Crippen LogP contribution in [-0.4, -0.2) is 15.0 Å². The van der Waals surface area contributed by atoms with Crippen molar-refractivity contribution in [3.05, 3.63) is 222 Å². The first-order valence-corrected chi connectivity index (χ1v) is 19.3. The SMILES string of the molecule is N#Cc1ccc(-c2ccc(-c3ccc4c(c3)Oc3cc(-c5nc(-c6ccccc6)nc(-c6ccccc6)n5)ccc3C43c4ccccc4-c4ccccc43)cc2)cc1. The van der Waals surface area contributed by atoms with Crippen molar-refractivity contribution in [2.45, 2.75) is 5.41 Å². The zero-order chi connectivity index (χ0) is 38.6. The van der Waals surface area contributed by atoms with E-state index in [0.717, 1.165) is 61.6 Å². The molecule has 5 heteroatoms. The molecule has 0 bridgehead atoms. The Hall–Kier alpha value is -7.94. The van der Waals surface area contributed by atoms with Gasteiger partial charge in [0, 0.05) is 27.8 Å². The standard InChI is InChI=1S/C53H32N4O/c54-33-34-19-21-35(22-20-34)36-23-25-37(26-24-36)40-27-29-46-48(31-40)58-49-32-41(28-30-47(49)53(46)44-17-9-7-15-42(44)43-16-8-10-18-45(43)53)52-56-50(38-11-3-1-4-12-38)55-51(57-52)39-13-5-2-6-14-39/h1-32H. The van der Waals surface area contributed by atoms with Crippen molar-refractivity contribution in [1.29, 1.82) is 5.26 Å². The van der Waals surface area contributed by atoms with Crippen LogP contribution in [0.5, 0.6) is 11.5 Å². The lowest BCUT2D eigenvalue weighted by atomic mass is 9.66. The lowest BCUT2D eigenvalue weighted by Gasteiger charge is -2.39. The van der Waals surface area contributed by atoms with Crippen LogP contribution in [0.2, 0.25) is 0 Å². The Morgan fingerprint density at radius 2 is 0.759 bits per heavy atom. The van der Waals surface area contributed by atoms with Crippen molar-refractivity contribution in [1.82, 2.24) is 15.0 Å². The summed E-state index contributed by atoms with van der Waals surface area (Å²) >= 11 is 0. The maximum Gasteiger partial charge on any atom is 0.164 e. The lowest BCUT2D eigenvalue weighted by Crippen LogP contribution is -2.32. The third-order valence-corrected chi connectivity index (χ3v) is 11.5. The summed E-state index contributed by atoms with van der Waals surface area (Å²) in [6.45, 7) is 0. The molecule has 5 nitrogen and oxygen atoms in total. The van der Waals surface area contributed by atoms with E-state index in [2.05, 4.69) is 115 Å². The normalized spacial score (nSPS) is 12.7. The highest BCUT2D eigenvalue weighted by Crippen LogP contribution is 2.62. The Morgan fingerprint density at radius 3 is 1.28 bits per heavy atom. The summed E-state index contributed by atoms with van der Waals surface area (Å²) in [4.78, 5) is 15.0. The summed E-state index contributed by atoms with van der Waals surface area (Å²) in [5.41, 5.74) is 14.1. The topological polar surface area (TPSA) is 71.7 Å². The van der Waals surface area contributed by atoms with E-state index in [1.165, 1.54) is 22.3 Å². The van der Waals surface area contributed by atoms with Gasteiger partial charge >= 0.3 is 0 Å². The van der Waals surface area contributed by atoms with Gasteiger partial charge in [-0.25, -0.2) is 15.0 Å². The van der Waals surface area contributed by atoms with Gasteiger partial charge in [0.1, 0.15) is 11.5 Å². The quantitative estimate of drug-likeness (QED) is 0.176. The van der Waals surface area contributed by atoms with Gasteiger partial charge in [0.25, 0.3) is 0 Å². The van der Waals surface area contributed by atoms with Crippen LogP contribution in [0.3, 0.4) is 0 Å². The van der Waals surface area contributed by atoms with Crippen LogP contribution in [0.25, 0.3) is 67.5 Å². The Bertz CT molecular complexity index is 2980. The van der Waals surface area contributed by atoms with Gasteiger partial charge in [0.15, 0.2) is 17.5 Å². The minimum absolute atomic E-state index is 0.572. The molecule has 0 N–H and O–H groups in total. The summed E-state index contributed by atoms with van der Waals surface area (Å²) in [5, 5.41) is 9.26. The number of nitrogens with zero attached hydrogens (tertiary/aromatic N) is 4. The van der Waals surface area contributed by atoms with Gasteiger partial charge in [-0.3, -0.25) is 0 Å². The first-order chi connectivity index (χ1) is 28.7. The molecule has 2 heterocycles. The first kappa shape index (κ1) is 33.4. The minimum Gasteiger partial charge on any atom is -0.457 e. The molecule has 8 aromatic carbocycles. The fourth-order valence-corrected chi connectivity index (χ4v) is 8.76. The fourth-order valence-electron chi connectivity index (χ4n) is 8.76. The molecule has 0 amide bonds. The summed E-state index contributed by atoms with van der Waals surface area (Å²) in [6, 6.07) is 69.1. The molecule has 1 aromatic heterocycles. The van der Waals surface area contributed by atoms with Gasteiger partial charge in [-0.2, -0.15) is 5.26 Å². The molecule has 11 rings (SSSR count).